The fourth-order valence-electron chi connectivity index (χ4n) is 2.32. The summed E-state index contributed by atoms with van der Waals surface area (Å²) in [6.07, 6.45) is 3.24. The minimum absolute atomic E-state index is 0.197. The second kappa shape index (κ2) is 8.39. The van der Waals surface area contributed by atoms with Gasteiger partial charge >= 0.3 is 0 Å². The molecule has 1 N–H and O–H groups in total. The van der Waals surface area contributed by atoms with Crippen molar-refractivity contribution in [2.24, 2.45) is 0 Å². The van der Waals surface area contributed by atoms with E-state index in [9.17, 15) is 4.79 Å². The van der Waals surface area contributed by atoms with Gasteiger partial charge in [-0.25, -0.2) is 4.98 Å². The molecule has 1 aromatic carbocycles. The quantitative estimate of drug-likeness (QED) is 0.828. The van der Waals surface area contributed by atoms with Crippen LogP contribution >= 0.6 is 22.9 Å². The number of ether oxygens (including phenoxy) is 1. The van der Waals surface area contributed by atoms with E-state index in [1.165, 1.54) is 17.4 Å². The molecule has 0 saturated carbocycles. The number of aromatic nitrogens is 1. The Balaban J connectivity index is 1.52. The van der Waals surface area contributed by atoms with Crippen LogP contribution < -0.4 is 5.32 Å². The molecule has 24 heavy (non-hydrogen) atoms. The van der Waals surface area contributed by atoms with Crippen LogP contribution in [-0.2, 0) is 16.1 Å². The van der Waals surface area contributed by atoms with Crippen LogP contribution in [0, 0.1) is 0 Å². The molecule has 0 atom stereocenters. The molecule has 1 amide bonds. The number of nitrogens with one attached hydrogen (secondary N) is 1. The van der Waals surface area contributed by atoms with Crippen molar-refractivity contribution >= 4 is 40.1 Å². The van der Waals surface area contributed by atoms with E-state index in [0.717, 1.165) is 44.1 Å². The molecule has 126 valence electrons. The maximum atomic E-state index is 12.0. The number of anilines is 1. The molecule has 5 nitrogen and oxygen atoms in total. The molecule has 0 aliphatic carbocycles. The zero-order valence-corrected chi connectivity index (χ0v) is 14.6. The number of amides is 1. The fourth-order valence-corrected chi connectivity index (χ4v) is 3.15. The smallest absolute Gasteiger partial charge is 0.250 e. The zero-order valence-electron chi connectivity index (χ0n) is 13.1. The number of benzene rings is 1. The highest BCUT2D eigenvalue weighted by atomic mass is 35.5. The largest absolute Gasteiger partial charge is 0.379 e. The van der Waals surface area contributed by atoms with Gasteiger partial charge in [0.05, 0.1) is 18.9 Å². The molecule has 1 aromatic heterocycles. The lowest BCUT2D eigenvalue weighted by molar-refractivity contribution is -0.111. The molecule has 0 unspecified atom stereocenters. The maximum absolute atomic E-state index is 12.0. The Bertz CT molecular complexity index is 709. The van der Waals surface area contributed by atoms with E-state index >= 15 is 0 Å². The van der Waals surface area contributed by atoms with E-state index in [0.29, 0.717) is 10.2 Å². The number of rotatable bonds is 5. The number of hydrogen-bond acceptors (Lipinski definition) is 5. The summed E-state index contributed by atoms with van der Waals surface area (Å²) in [6, 6.07) is 7.29. The summed E-state index contributed by atoms with van der Waals surface area (Å²) < 4.78 is 5.33. The Morgan fingerprint density at radius 2 is 2.08 bits per heavy atom. The molecule has 2 heterocycles. The average Bonchev–Trinajstić information content (AvgIpc) is 3.02. The van der Waals surface area contributed by atoms with Crippen LogP contribution in [0.4, 0.5) is 5.13 Å². The van der Waals surface area contributed by atoms with E-state index in [4.69, 9.17) is 16.3 Å². The van der Waals surface area contributed by atoms with Crippen LogP contribution in [0.2, 0.25) is 5.02 Å². The Morgan fingerprint density at radius 3 is 2.83 bits per heavy atom. The molecule has 1 aliphatic rings. The fraction of sp³-hybridized carbons (Fsp3) is 0.294. The molecular formula is C17H18ClN3O2S. The Morgan fingerprint density at radius 1 is 1.33 bits per heavy atom. The van der Waals surface area contributed by atoms with E-state index in [1.807, 2.05) is 17.5 Å². The van der Waals surface area contributed by atoms with Crippen molar-refractivity contribution in [3.05, 3.63) is 52.0 Å². The van der Waals surface area contributed by atoms with Crippen LogP contribution in [0.5, 0.6) is 0 Å². The predicted octanol–water partition coefficient (Wildman–Crippen LogP) is 3.28. The maximum Gasteiger partial charge on any atom is 0.250 e. The lowest BCUT2D eigenvalue weighted by Crippen LogP contribution is -2.35. The van der Waals surface area contributed by atoms with Gasteiger partial charge in [-0.1, -0.05) is 23.7 Å². The first kappa shape index (κ1) is 17.1. The monoisotopic (exact) mass is 363 g/mol. The van der Waals surface area contributed by atoms with Gasteiger partial charge in [-0.15, -0.1) is 11.3 Å². The minimum Gasteiger partial charge on any atom is -0.379 e. The lowest BCUT2D eigenvalue weighted by atomic mass is 10.2. The van der Waals surface area contributed by atoms with Gasteiger partial charge in [0.15, 0.2) is 5.13 Å². The second-order valence-electron chi connectivity index (χ2n) is 5.41. The van der Waals surface area contributed by atoms with E-state index < -0.39 is 0 Å². The molecule has 1 saturated heterocycles. The number of carbonyl (C=O) groups is 1. The number of thiazole rings is 1. The third-order valence-electron chi connectivity index (χ3n) is 3.57. The number of carbonyl (C=O) groups excluding carboxylic acids is 1. The third-order valence-corrected chi connectivity index (χ3v) is 4.63. The van der Waals surface area contributed by atoms with E-state index in [1.54, 1.807) is 18.2 Å². The van der Waals surface area contributed by atoms with Crippen LogP contribution in [0.25, 0.3) is 6.08 Å². The topological polar surface area (TPSA) is 54.5 Å². The lowest BCUT2D eigenvalue weighted by Gasteiger charge is -2.25. The Kier molecular flexibility index (Phi) is 5.98. The normalized spacial score (nSPS) is 15.7. The van der Waals surface area contributed by atoms with Gasteiger partial charge in [0.1, 0.15) is 0 Å². The molecule has 1 aliphatic heterocycles. The SMILES string of the molecule is O=C(/C=C/c1ccc(Cl)cc1)Nc1nc(CN2CCOCC2)cs1. The van der Waals surface area contributed by atoms with Crippen molar-refractivity contribution in [2.75, 3.05) is 31.6 Å². The summed E-state index contributed by atoms with van der Waals surface area (Å²) in [4.78, 5) is 18.7. The average molecular weight is 364 g/mol. The second-order valence-corrected chi connectivity index (χ2v) is 6.70. The first-order chi connectivity index (χ1) is 11.7. The highest BCUT2D eigenvalue weighted by molar-refractivity contribution is 7.13. The van der Waals surface area contributed by atoms with Crippen LogP contribution in [0.15, 0.2) is 35.7 Å². The van der Waals surface area contributed by atoms with Gasteiger partial charge in [0.25, 0.3) is 0 Å². The van der Waals surface area contributed by atoms with Gasteiger partial charge in [-0.3, -0.25) is 15.0 Å². The molecule has 0 bridgehead atoms. The highest BCUT2D eigenvalue weighted by Crippen LogP contribution is 2.17. The predicted molar refractivity (Wildman–Crippen MR) is 97.3 cm³/mol. The summed E-state index contributed by atoms with van der Waals surface area (Å²) in [6.45, 7) is 4.16. The number of halogens is 1. The van der Waals surface area contributed by atoms with Crippen LogP contribution in [0.3, 0.4) is 0 Å². The summed E-state index contributed by atoms with van der Waals surface area (Å²) >= 11 is 7.27. The van der Waals surface area contributed by atoms with Crippen molar-refractivity contribution in [3.8, 4) is 0 Å². The molecule has 7 heteroatoms. The first-order valence-corrected chi connectivity index (χ1v) is 8.94. The molecule has 2 aromatic rings. The van der Waals surface area contributed by atoms with Crippen molar-refractivity contribution in [2.45, 2.75) is 6.54 Å². The molecule has 3 rings (SSSR count). The third kappa shape index (κ3) is 5.14. The molecule has 1 fully saturated rings. The molecular weight excluding hydrogens is 346 g/mol. The molecule has 0 radical (unpaired) electrons. The van der Waals surface area contributed by atoms with E-state index in [-0.39, 0.29) is 5.91 Å². The van der Waals surface area contributed by atoms with Gasteiger partial charge in [-0.2, -0.15) is 0 Å². The highest BCUT2D eigenvalue weighted by Gasteiger charge is 2.13. The Hall–Kier alpha value is -1.73. The van der Waals surface area contributed by atoms with Crippen molar-refractivity contribution < 1.29 is 9.53 Å². The van der Waals surface area contributed by atoms with Crippen LogP contribution in [-0.4, -0.2) is 42.1 Å². The van der Waals surface area contributed by atoms with Crippen LogP contribution in [0.1, 0.15) is 11.3 Å². The number of morpholine rings is 1. The number of hydrogen-bond donors (Lipinski definition) is 1. The zero-order chi connectivity index (χ0) is 16.8. The van der Waals surface area contributed by atoms with Gasteiger partial charge in [0.2, 0.25) is 5.91 Å². The van der Waals surface area contributed by atoms with Crippen molar-refractivity contribution in [1.82, 2.24) is 9.88 Å². The molecule has 0 spiro atoms. The van der Waals surface area contributed by atoms with Crippen molar-refractivity contribution in [1.29, 1.82) is 0 Å². The van der Waals surface area contributed by atoms with Crippen molar-refractivity contribution in [3.63, 3.8) is 0 Å². The summed E-state index contributed by atoms with van der Waals surface area (Å²) in [7, 11) is 0. The van der Waals surface area contributed by atoms with Gasteiger partial charge in [-0.05, 0) is 23.8 Å². The van der Waals surface area contributed by atoms with Gasteiger partial charge in [0, 0.05) is 36.1 Å². The summed E-state index contributed by atoms with van der Waals surface area (Å²) in [5.74, 6) is -0.197. The number of nitrogens with zero attached hydrogens (tertiary/aromatic N) is 2. The standard InChI is InChI=1S/C17H18ClN3O2S/c18-14-4-1-13(2-5-14)3-6-16(22)20-17-19-15(12-24-17)11-21-7-9-23-10-8-21/h1-6,12H,7-11H2,(H,19,20,22)/b6-3+. The summed E-state index contributed by atoms with van der Waals surface area (Å²) in [5, 5.41) is 6.06. The first-order valence-electron chi connectivity index (χ1n) is 7.68. The van der Waals surface area contributed by atoms with E-state index in [2.05, 4.69) is 15.2 Å². The minimum atomic E-state index is -0.197. The summed E-state index contributed by atoms with van der Waals surface area (Å²) in [5.41, 5.74) is 1.89. The van der Waals surface area contributed by atoms with Gasteiger partial charge < -0.3 is 4.74 Å². The Labute approximate surface area is 149 Å².